The van der Waals surface area contributed by atoms with Crippen molar-refractivity contribution in [1.82, 2.24) is 9.29 Å². The number of thiophene rings is 1. The van der Waals surface area contributed by atoms with E-state index in [4.69, 9.17) is 11.6 Å². The Morgan fingerprint density at radius 3 is 2.19 bits per heavy atom. The van der Waals surface area contributed by atoms with Crippen LogP contribution in [0, 0.1) is 5.92 Å². The van der Waals surface area contributed by atoms with E-state index in [0.29, 0.717) is 38.4 Å². The first kappa shape index (κ1) is 25.7. The molecule has 2 aromatic carbocycles. The van der Waals surface area contributed by atoms with E-state index in [9.17, 15) is 18.0 Å². The lowest BCUT2D eigenvalue weighted by Gasteiger charge is -2.29. The summed E-state index contributed by atoms with van der Waals surface area (Å²) >= 11 is 8.08. The van der Waals surface area contributed by atoms with E-state index < -0.39 is 10.0 Å². The van der Waals surface area contributed by atoms with Crippen LogP contribution in [0.2, 0.25) is 4.34 Å². The van der Waals surface area contributed by atoms with Crippen LogP contribution in [0.1, 0.15) is 28.1 Å². The van der Waals surface area contributed by atoms with Gasteiger partial charge in [0.1, 0.15) is 9.09 Å². The smallest absolute Gasteiger partial charge is 0.252 e. The second-order valence-electron chi connectivity index (χ2n) is 8.48. The monoisotopic (exact) mass is 571 g/mol. The summed E-state index contributed by atoms with van der Waals surface area (Å²) in [4.78, 5) is 31.4. The molecule has 0 saturated carbocycles. The van der Waals surface area contributed by atoms with E-state index in [2.05, 4.69) is 10.3 Å². The van der Waals surface area contributed by atoms with Crippen molar-refractivity contribution in [3.05, 3.63) is 87.6 Å². The molecule has 37 heavy (non-hydrogen) atoms. The molecule has 4 aromatic rings. The van der Waals surface area contributed by atoms with E-state index in [1.165, 1.54) is 10.4 Å². The molecular weight excluding hydrogens is 550 g/mol. The van der Waals surface area contributed by atoms with Gasteiger partial charge in [0.25, 0.3) is 10.0 Å². The van der Waals surface area contributed by atoms with Crippen LogP contribution in [0.3, 0.4) is 0 Å². The highest BCUT2D eigenvalue weighted by molar-refractivity contribution is 7.91. The Morgan fingerprint density at radius 1 is 0.919 bits per heavy atom. The van der Waals surface area contributed by atoms with Crippen LogP contribution in [0.5, 0.6) is 0 Å². The maximum atomic E-state index is 13.3. The molecule has 1 aliphatic rings. The summed E-state index contributed by atoms with van der Waals surface area (Å²) in [6, 6.07) is 21.4. The molecule has 1 fully saturated rings. The number of sulfonamides is 1. The van der Waals surface area contributed by atoms with Gasteiger partial charge in [-0.05, 0) is 25.0 Å². The largest absolute Gasteiger partial charge is 0.302 e. The van der Waals surface area contributed by atoms with E-state index >= 15 is 0 Å². The molecule has 1 N–H and O–H groups in total. The fraction of sp³-hybridized carbons (Fsp3) is 0.192. The summed E-state index contributed by atoms with van der Waals surface area (Å²) in [6.07, 6.45) is 0.772. The first-order chi connectivity index (χ1) is 17.8. The molecule has 0 unspecified atom stereocenters. The van der Waals surface area contributed by atoms with Crippen molar-refractivity contribution in [1.29, 1.82) is 0 Å². The Labute approximate surface area is 227 Å². The van der Waals surface area contributed by atoms with Crippen molar-refractivity contribution in [2.45, 2.75) is 17.1 Å². The lowest BCUT2D eigenvalue weighted by molar-refractivity contribution is -0.120. The lowest BCUT2D eigenvalue weighted by atomic mass is 9.97. The second-order valence-corrected chi connectivity index (χ2v) is 13.4. The van der Waals surface area contributed by atoms with Crippen molar-refractivity contribution >= 4 is 61.1 Å². The molecule has 2 aromatic heterocycles. The normalized spacial score (nSPS) is 14.9. The number of benzene rings is 2. The molecule has 1 aliphatic heterocycles. The lowest BCUT2D eigenvalue weighted by Crippen LogP contribution is -2.41. The summed E-state index contributed by atoms with van der Waals surface area (Å²) in [5.41, 5.74) is 1.85. The number of rotatable bonds is 7. The molecule has 1 saturated heterocycles. The predicted molar refractivity (Wildman–Crippen MR) is 147 cm³/mol. The molecule has 1 amide bonds. The van der Waals surface area contributed by atoms with Gasteiger partial charge in [-0.15, -0.1) is 11.3 Å². The molecule has 11 heteroatoms. The molecule has 0 aliphatic carbocycles. The van der Waals surface area contributed by atoms with Crippen LogP contribution in [0.25, 0.3) is 11.3 Å². The third kappa shape index (κ3) is 5.53. The van der Waals surface area contributed by atoms with Crippen LogP contribution < -0.4 is 5.32 Å². The summed E-state index contributed by atoms with van der Waals surface area (Å²) in [6.45, 7) is 0.474. The van der Waals surface area contributed by atoms with Gasteiger partial charge in [-0.1, -0.05) is 83.6 Å². The molecule has 5 rings (SSSR count). The third-order valence-electron chi connectivity index (χ3n) is 6.11. The average molecular weight is 572 g/mol. The van der Waals surface area contributed by atoms with Gasteiger partial charge in [0, 0.05) is 30.1 Å². The molecule has 3 heterocycles. The Hall–Kier alpha value is -2.89. The van der Waals surface area contributed by atoms with Crippen molar-refractivity contribution in [2.24, 2.45) is 5.92 Å². The molecule has 0 atom stereocenters. The third-order valence-corrected chi connectivity index (χ3v) is 10.7. The van der Waals surface area contributed by atoms with Crippen LogP contribution >= 0.6 is 34.3 Å². The highest BCUT2D eigenvalue weighted by atomic mass is 35.5. The number of hydrogen-bond acceptors (Lipinski definition) is 7. The SMILES string of the molecule is O=C(c1ccccc1)c1sc(NC(=O)C2CCN(S(=O)(=O)c3ccc(Cl)s3)CC2)nc1-c1ccccc1. The van der Waals surface area contributed by atoms with Gasteiger partial charge in [0.2, 0.25) is 11.7 Å². The molecule has 0 radical (unpaired) electrons. The number of hydrogen-bond donors (Lipinski definition) is 1. The number of carbonyl (C=O) groups is 2. The first-order valence-electron chi connectivity index (χ1n) is 11.6. The standard InChI is InChI=1S/C26H22ClN3O4S3/c27-20-11-12-21(35-20)37(33,34)30-15-13-19(14-16-30)25(32)29-26-28-22(17-7-3-1-4-8-17)24(36-26)23(31)18-9-5-2-6-10-18/h1-12,19H,13-16H2,(H,28,29,32). The van der Waals surface area contributed by atoms with Gasteiger partial charge in [-0.3, -0.25) is 9.59 Å². The van der Waals surface area contributed by atoms with Crippen LogP contribution in [0.15, 0.2) is 77.0 Å². The summed E-state index contributed by atoms with van der Waals surface area (Å²) in [5.74, 6) is -0.761. The maximum absolute atomic E-state index is 13.3. The van der Waals surface area contributed by atoms with Crippen molar-refractivity contribution in [2.75, 3.05) is 18.4 Å². The zero-order valence-corrected chi connectivity index (χ0v) is 22.7. The van der Waals surface area contributed by atoms with Gasteiger partial charge in [-0.2, -0.15) is 4.31 Å². The van der Waals surface area contributed by atoms with Crippen LogP contribution in [-0.4, -0.2) is 42.5 Å². The number of aromatic nitrogens is 1. The van der Waals surface area contributed by atoms with E-state index in [1.807, 2.05) is 36.4 Å². The topological polar surface area (TPSA) is 96.4 Å². The first-order valence-corrected chi connectivity index (χ1v) is 15.0. The summed E-state index contributed by atoms with van der Waals surface area (Å²) in [5, 5.41) is 3.21. The summed E-state index contributed by atoms with van der Waals surface area (Å²) < 4.78 is 27.7. The minimum atomic E-state index is -3.63. The predicted octanol–water partition coefficient (Wildman–Crippen LogP) is 5.80. The number of carbonyl (C=O) groups excluding carboxylic acids is 2. The highest BCUT2D eigenvalue weighted by Crippen LogP contribution is 2.34. The number of nitrogens with one attached hydrogen (secondary N) is 1. The second kappa shape index (κ2) is 10.8. The molecule has 7 nitrogen and oxygen atoms in total. The van der Waals surface area contributed by atoms with Gasteiger partial charge < -0.3 is 5.32 Å². The van der Waals surface area contributed by atoms with E-state index in [-0.39, 0.29) is 34.9 Å². The van der Waals surface area contributed by atoms with E-state index in [0.717, 1.165) is 28.2 Å². The minimum absolute atomic E-state index is 0.162. The number of amides is 1. The van der Waals surface area contributed by atoms with Gasteiger partial charge in [-0.25, -0.2) is 13.4 Å². The number of nitrogens with zero attached hydrogens (tertiary/aromatic N) is 2. The number of thiazole rings is 1. The average Bonchev–Trinajstić information content (AvgIpc) is 3.56. The number of halogens is 1. The number of ketones is 1. The van der Waals surface area contributed by atoms with Crippen molar-refractivity contribution in [3.63, 3.8) is 0 Å². The van der Waals surface area contributed by atoms with Gasteiger partial charge in [0.15, 0.2) is 5.13 Å². The van der Waals surface area contributed by atoms with Gasteiger partial charge in [0.05, 0.1) is 10.0 Å². The molecule has 190 valence electrons. The van der Waals surface area contributed by atoms with Crippen LogP contribution in [0.4, 0.5) is 5.13 Å². The Bertz CT molecular complexity index is 1530. The number of piperidine rings is 1. The maximum Gasteiger partial charge on any atom is 0.252 e. The molecule has 0 spiro atoms. The fourth-order valence-corrected chi connectivity index (χ4v) is 8.23. The van der Waals surface area contributed by atoms with Crippen LogP contribution in [-0.2, 0) is 14.8 Å². The zero-order valence-electron chi connectivity index (χ0n) is 19.5. The molecule has 0 bridgehead atoms. The Morgan fingerprint density at radius 2 is 1.57 bits per heavy atom. The number of anilines is 1. The Kier molecular flexibility index (Phi) is 7.55. The minimum Gasteiger partial charge on any atom is -0.302 e. The van der Waals surface area contributed by atoms with E-state index in [1.54, 1.807) is 30.3 Å². The Balaban J connectivity index is 1.31. The fourth-order valence-electron chi connectivity index (χ4n) is 4.17. The van der Waals surface area contributed by atoms with Crippen molar-refractivity contribution < 1.29 is 18.0 Å². The zero-order chi connectivity index (χ0) is 26.0. The highest BCUT2D eigenvalue weighted by Gasteiger charge is 2.33. The van der Waals surface area contributed by atoms with Crippen molar-refractivity contribution in [3.8, 4) is 11.3 Å². The molecular formula is C26H22ClN3O4S3. The quantitative estimate of drug-likeness (QED) is 0.283. The summed E-state index contributed by atoms with van der Waals surface area (Å²) in [7, 11) is -3.63. The van der Waals surface area contributed by atoms with Gasteiger partial charge >= 0.3 is 0 Å².